The van der Waals surface area contributed by atoms with E-state index in [1.165, 1.54) is 18.2 Å². The summed E-state index contributed by atoms with van der Waals surface area (Å²) in [5, 5.41) is 13.9. The number of hydrogen-bond donors (Lipinski definition) is 1. The first-order chi connectivity index (χ1) is 9.47. The van der Waals surface area contributed by atoms with Crippen molar-refractivity contribution >= 4 is 27.3 Å². The third kappa shape index (κ3) is 3.33. The highest BCUT2D eigenvalue weighted by molar-refractivity contribution is 9.10. The minimum absolute atomic E-state index is 0.0632. The number of halogens is 2. The number of benzene rings is 2. The molecule has 104 valence electrons. The molecule has 0 aliphatic rings. The van der Waals surface area contributed by atoms with Crippen LogP contribution >= 0.6 is 15.9 Å². The first-order valence-corrected chi connectivity index (χ1v) is 6.69. The summed E-state index contributed by atoms with van der Waals surface area (Å²) < 4.78 is 13.9. The lowest BCUT2D eigenvalue weighted by molar-refractivity contribution is -0.385. The quantitative estimate of drug-likeness (QED) is 0.663. The molecule has 2 rings (SSSR count). The van der Waals surface area contributed by atoms with Gasteiger partial charge in [0.2, 0.25) is 0 Å². The van der Waals surface area contributed by atoms with Crippen molar-refractivity contribution in [2.45, 2.75) is 13.5 Å². The molecular formula is C14H12BrFN2O2. The average molecular weight is 339 g/mol. The number of nitrogens with zero attached hydrogens (tertiary/aromatic N) is 1. The summed E-state index contributed by atoms with van der Waals surface area (Å²) in [4.78, 5) is 10.4. The van der Waals surface area contributed by atoms with E-state index < -0.39 is 4.92 Å². The van der Waals surface area contributed by atoms with Crippen LogP contribution in [-0.2, 0) is 6.54 Å². The van der Waals surface area contributed by atoms with Crippen molar-refractivity contribution in [2.24, 2.45) is 0 Å². The van der Waals surface area contributed by atoms with Crippen LogP contribution in [0.1, 0.15) is 11.1 Å². The maximum absolute atomic E-state index is 13.2. The van der Waals surface area contributed by atoms with Gasteiger partial charge in [0.1, 0.15) is 5.82 Å². The summed E-state index contributed by atoms with van der Waals surface area (Å²) in [5.74, 6) is -0.320. The van der Waals surface area contributed by atoms with Crippen LogP contribution in [0.5, 0.6) is 0 Å². The largest absolute Gasteiger partial charge is 0.381 e. The SMILES string of the molecule is Cc1ccc(NCc2cc(F)ccc2Br)cc1[N+](=O)[O-]. The Morgan fingerprint density at radius 2 is 2.05 bits per heavy atom. The molecule has 0 amide bonds. The topological polar surface area (TPSA) is 55.2 Å². The maximum Gasteiger partial charge on any atom is 0.274 e. The minimum Gasteiger partial charge on any atom is -0.381 e. The van der Waals surface area contributed by atoms with Crippen molar-refractivity contribution < 1.29 is 9.31 Å². The van der Waals surface area contributed by atoms with Crippen molar-refractivity contribution in [3.8, 4) is 0 Å². The summed E-state index contributed by atoms with van der Waals surface area (Å²) in [7, 11) is 0. The Hall–Kier alpha value is -1.95. The number of hydrogen-bond acceptors (Lipinski definition) is 3. The molecule has 0 saturated carbocycles. The zero-order valence-electron chi connectivity index (χ0n) is 10.7. The van der Waals surface area contributed by atoms with Gasteiger partial charge in [-0.1, -0.05) is 22.0 Å². The van der Waals surface area contributed by atoms with Crippen molar-refractivity contribution in [1.29, 1.82) is 0 Å². The van der Waals surface area contributed by atoms with Crippen LogP contribution < -0.4 is 5.32 Å². The molecule has 0 fully saturated rings. The Bertz CT molecular complexity index is 662. The van der Waals surface area contributed by atoms with Crippen LogP contribution in [0, 0.1) is 22.9 Å². The van der Waals surface area contributed by atoms with Gasteiger partial charge in [0.05, 0.1) is 4.92 Å². The van der Waals surface area contributed by atoms with Crippen LogP contribution in [0.25, 0.3) is 0 Å². The van der Waals surface area contributed by atoms with Gasteiger partial charge in [0, 0.05) is 28.3 Å². The van der Waals surface area contributed by atoms with Gasteiger partial charge in [-0.2, -0.15) is 0 Å². The van der Waals surface area contributed by atoms with Gasteiger partial charge in [-0.05, 0) is 36.8 Å². The molecular weight excluding hydrogens is 327 g/mol. The van der Waals surface area contributed by atoms with E-state index in [2.05, 4.69) is 21.2 Å². The molecule has 20 heavy (non-hydrogen) atoms. The third-order valence-electron chi connectivity index (χ3n) is 2.90. The molecule has 0 aliphatic heterocycles. The molecule has 0 heterocycles. The van der Waals surface area contributed by atoms with Gasteiger partial charge in [-0.15, -0.1) is 0 Å². The second kappa shape index (κ2) is 6.00. The fourth-order valence-electron chi connectivity index (χ4n) is 1.79. The number of aryl methyl sites for hydroxylation is 1. The molecule has 0 saturated heterocycles. The average Bonchev–Trinajstić information content (AvgIpc) is 2.41. The summed E-state index contributed by atoms with van der Waals surface area (Å²) >= 11 is 3.34. The predicted molar refractivity (Wildman–Crippen MR) is 79.3 cm³/mol. The van der Waals surface area contributed by atoms with Gasteiger partial charge >= 0.3 is 0 Å². The second-order valence-corrected chi connectivity index (χ2v) is 5.20. The lowest BCUT2D eigenvalue weighted by Gasteiger charge is -2.09. The van der Waals surface area contributed by atoms with Gasteiger partial charge < -0.3 is 5.32 Å². The highest BCUT2D eigenvalue weighted by Crippen LogP contribution is 2.24. The van der Waals surface area contributed by atoms with Gasteiger partial charge in [-0.3, -0.25) is 10.1 Å². The Balaban J connectivity index is 2.17. The van der Waals surface area contributed by atoms with E-state index >= 15 is 0 Å². The highest BCUT2D eigenvalue weighted by Gasteiger charge is 2.11. The first kappa shape index (κ1) is 14.5. The lowest BCUT2D eigenvalue weighted by atomic mass is 10.1. The van der Waals surface area contributed by atoms with Crippen molar-refractivity contribution in [2.75, 3.05) is 5.32 Å². The molecule has 0 aliphatic carbocycles. The van der Waals surface area contributed by atoms with Crippen molar-refractivity contribution in [1.82, 2.24) is 0 Å². The van der Waals surface area contributed by atoms with Crippen molar-refractivity contribution in [3.63, 3.8) is 0 Å². The van der Waals surface area contributed by atoms with Crippen LogP contribution in [0.15, 0.2) is 40.9 Å². The van der Waals surface area contributed by atoms with Crippen LogP contribution in [0.4, 0.5) is 15.8 Å². The van der Waals surface area contributed by atoms with E-state index in [0.29, 0.717) is 17.8 Å². The monoisotopic (exact) mass is 338 g/mol. The van der Waals surface area contributed by atoms with Crippen LogP contribution in [0.3, 0.4) is 0 Å². The molecule has 2 aromatic rings. The zero-order valence-corrected chi connectivity index (χ0v) is 12.3. The van der Waals surface area contributed by atoms with E-state index in [9.17, 15) is 14.5 Å². The minimum atomic E-state index is -0.418. The van der Waals surface area contributed by atoms with Crippen LogP contribution in [-0.4, -0.2) is 4.92 Å². The van der Waals surface area contributed by atoms with Gasteiger partial charge in [-0.25, -0.2) is 4.39 Å². The van der Waals surface area contributed by atoms with E-state index in [-0.39, 0.29) is 11.5 Å². The molecule has 0 bridgehead atoms. The van der Waals surface area contributed by atoms with E-state index in [1.54, 1.807) is 25.1 Å². The highest BCUT2D eigenvalue weighted by atomic mass is 79.9. The number of anilines is 1. The number of nitrogens with one attached hydrogen (secondary N) is 1. The molecule has 0 radical (unpaired) electrons. The molecule has 1 N–H and O–H groups in total. The molecule has 6 heteroatoms. The van der Waals surface area contributed by atoms with E-state index in [1.807, 2.05) is 0 Å². The second-order valence-electron chi connectivity index (χ2n) is 4.35. The smallest absolute Gasteiger partial charge is 0.274 e. The van der Waals surface area contributed by atoms with Gasteiger partial charge in [0.15, 0.2) is 0 Å². The first-order valence-electron chi connectivity index (χ1n) is 5.90. The molecule has 0 atom stereocenters. The molecule has 2 aromatic carbocycles. The number of rotatable bonds is 4. The summed E-state index contributed by atoms with van der Waals surface area (Å²) in [6.45, 7) is 2.06. The molecule has 0 spiro atoms. The van der Waals surface area contributed by atoms with Crippen LogP contribution in [0.2, 0.25) is 0 Å². The Labute approximate surface area is 123 Å². The molecule has 0 unspecified atom stereocenters. The number of nitro groups is 1. The fraction of sp³-hybridized carbons (Fsp3) is 0.143. The fourth-order valence-corrected chi connectivity index (χ4v) is 2.18. The molecule has 0 aromatic heterocycles. The van der Waals surface area contributed by atoms with E-state index in [4.69, 9.17) is 0 Å². The van der Waals surface area contributed by atoms with Crippen molar-refractivity contribution in [3.05, 3.63) is 67.9 Å². The Morgan fingerprint density at radius 1 is 1.30 bits per heavy atom. The number of nitro benzene ring substituents is 1. The maximum atomic E-state index is 13.2. The normalized spacial score (nSPS) is 10.3. The standard InChI is InChI=1S/C14H12BrFN2O2/c1-9-2-4-12(7-14(9)18(19)20)17-8-10-6-11(16)3-5-13(10)15/h2-7,17H,8H2,1H3. The predicted octanol–water partition coefficient (Wildman–Crippen LogP) is 4.42. The lowest BCUT2D eigenvalue weighted by Crippen LogP contribution is -2.02. The van der Waals surface area contributed by atoms with E-state index in [0.717, 1.165) is 10.0 Å². The zero-order chi connectivity index (χ0) is 14.7. The molecule has 4 nitrogen and oxygen atoms in total. The van der Waals surface area contributed by atoms with Gasteiger partial charge in [0.25, 0.3) is 5.69 Å². The summed E-state index contributed by atoms with van der Waals surface area (Å²) in [6, 6.07) is 9.33. The Morgan fingerprint density at radius 3 is 2.75 bits per heavy atom. The Kier molecular flexibility index (Phi) is 4.34. The third-order valence-corrected chi connectivity index (χ3v) is 3.67. The summed E-state index contributed by atoms with van der Waals surface area (Å²) in [6.07, 6.45) is 0. The summed E-state index contributed by atoms with van der Waals surface area (Å²) in [5.41, 5.74) is 2.03.